The summed E-state index contributed by atoms with van der Waals surface area (Å²) in [6.07, 6.45) is 0.968. The van der Waals surface area contributed by atoms with Crippen LogP contribution in [-0.4, -0.2) is 17.9 Å². The molecule has 122 valence electrons. The molecule has 0 atom stereocenters. The number of carbonyl (C=O) groups is 1. The van der Waals surface area contributed by atoms with E-state index in [9.17, 15) is 4.79 Å². The summed E-state index contributed by atoms with van der Waals surface area (Å²) in [5.41, 5.74) is 4.58. The van der Waals surface area contributed by atoms with Crippen LogP contribution >= 0.6 is 0 Å². The van der Waals surface area contributed by atoms with Gasteiger partial charge in [0.25, 0.3) is 5.91 Å². The molecule has 0 radical (unpaired) electrons. The zero-order chi connectivity index (χ0) is 17.0. The third kappa shape index (κ3) is 5.24. The third-order valence-corrected chi connectivity index (χ3v) is 3.80. The Balaban J connectivity index is 2.10. The van der Waals surface area contributed by atoms with Gasteiger partial charge in [-0.2, -0.15) is 0 Å². The van der Waals surface area contributed by atoms with Crippen molar-refractivity contribution >= 4 is 5.91 Å². The highest BCUT2D eigenvalue weighted by molar-refractivity contribution is 5.94. The quantitative estimate of drug-likeness (QED) is 0.790. The second-order valence-corrected chi connectivity index (χ2v) is 7.58. The molecule has 0 bridgehead atoms. The van der Waals surface area contributed by atoms with Gasteiger partial charge in [-0.3, -0.25) is 4.79 Å². The molecule has 2 heteroatoms. The molecule has 0 aliphatic carbocycles. The summed E-state index contributed by atoms with van der Waals surface area (Å²) >= 11 is 0. The van der Waals surface area contributed by atoms with E-state index < -0.39 is 0 Å². The lowest BCUT2D eigenvalue weighted by molar-refractivity contribution is 0.0785. The van der Waals surface area contributed by atoms with Gasteiger partial charge in [0.2, 0.25) is 0 Å². The molecule has 0 N–H and O–H groups in total. The van der Waals surface area contributed by atoms with E-state index in [0.717, 1.165) is 17.5 Å². The highest BCUT2D eigenvalue weighted by Gasteiger charge is 2.15. The van der Waals surface area contributed by atoms with Crippen LogP contribution in [0.25, 0.3) is 0 Å². The van der Waals surface area contributed by atoms with Gasteiger partial charge in [-0.25, -0.2) is 0 Å². The van der Waals surface area contributed by atoms with Gasteiger partial charge in [-0.05, 0) is 42.0 Å². The first-order valence-electron chi connectivity index (χ1n) is 8.14. The Morgan fingerprint density at radius 3 is 2.26 bits per heavy atom. The summed E-state index contributed by atoms with van der Waals surface area (Å²) in [6, 6.07) is 16.3. The number of amides is 1. The summed E-state index contributed by atoms with van der Waals surface area (Å²) < 4.78 is 0. The van der Waals surface area contributed by atoms with E-state index in [-0.39, 0.29) is 11.3 Å². The molecule has 0 aliphatic rings. The van der Waals surface area contributed by atoms with Crippen molar-refractivity contribution in [3.63, 3.8) is 0 Å². The zero-order valence-corrected chi connectivity index (χ0v) is 14.9. The summed E-state index contributed by atoms with van der Waals surface area (Å²) in [7, 11) is 1.86. The van der Waals surface area contributed by atoms with Gasteiger partial charge in [0.05, 0.1) is 0 Å². The maximum atomic E-state index is 12.7. The molecular weight excluding hydrogens is 282 g/mol. The van der Waals surface area contributed by atoms with E-state index in [1.807, 2.05) is 25.2 Å². The van der Waals surface area contributed by atoms with Crippen molar-refractivity contribution in [1.29, 1.82) is 0 Å². The van der Waals surface area contributed by atoms with Crippen LogP contribution in [0.3, 0.4) is 0 Å². The fraction of sp³-hybridized carbons (Fsp3) is 0.381. The second-order valence-electron chi connectivity index (χ2n) is 7.58. The van der Waals surface area contributed by atoms with Crippen LogP contribution in [0.2, 0.25) is 0 Å². The predicted octanol–water partition coefficient (Wildman–Crippen LogP) is 4.86. The van der Waals surface area contributed by atoms with Crippen molar-refractivity contribution in [3.05, 3.63) is 70.8 Å². The fourth-order valence-corrected chi connectivity index (χ4v) is 2.69. The van der Waals surface area contributed by atoms with Crippen molar-refractivity contribution in [3.8, 4) is 0 Å². The Morgan fingerprint density at radius 1 is 1.00 bits per heavy atom. The van der Waals surface area contributed by atoms with Gasteiger partial charge in [-0.1, -0.05) is 62.7 Å². The molecular formula is C21H27NO. The van der Waals surface area contributed by atoms with Crippen molar-refractivity contribution in [1.82, 2.24) is 4.90 Å². The van der Waals surface area contributed by atoms with Crippen molar-refractivity contribution in [2.75, 3.05) is 7.05 Å². The minimum absolute atomic E-state index is 0.0707. The topological polar surface area (TPSA) is 20.3 Å². The molecule has 2 aromatic rings. The van der Waals surface area contributed by atoms with Crippen LogP contribution in [0, 0.1) is 12.3 Å². The first-order chi connectivity index (χ1) is 10.7. The predicted molar refractivity (Wildman–Crippen MR) is 96.6 cm³/mol. The number of carbonyl (C=O) groups excluding carboxylic acids is 1. The molecule has 0 unspecified atom stereocenters. The van der Waals surface area contributed by atoms with E-state index >= 15 is 0 Å². The molecule has 0 saturated carbocycles. The molecule has 2 rings (SSSR count). The number of aryl methyl sites for hydroxylation is 1. The van der Waals surface area contributed by atoms with Gasteiger partial charge in [0.15, 0.2) is 0 Å². The normalized spacial score (nSPS) is 11.3. The van der Waals surface area contributed by atoms with E-state index in [1.54, 1.807) is 4.90 Å². The Kier molecular flexibility index (Phi) is 5.25. The number of rotatable bonds is 4. The minimum Gasteiger partial charge on any atom is -0.337 e. The van der Waals surface area contributed by atoms with E-state index in [2.05, 4.69) is 58.0 Å². The highest BCUT2D eigenvalue weighted by Crippen LogP contribution is 2.21. The van der Waals surface area contributed by atoms with Crippen LogP contribution in [0.15, 0.2) is 48.5 Å². The summed E-state index contributed by atoms with van der Waals surface area (Å²) in [5.74, 6) is 0.0707. The van der Waals surface area contributed by atoms with Gasteiger partial charge in [0, 0.05) is 19.2 Å². The minimum atomic E-state index is 0.0707. The van der Waals surface area contributed by atoms with Gasteiger partial charge >= 0.3 is 0 Å². The first-order valence-corrected chi connectivity index (χ1v) is 8.14. The fourth-order valence-electron chi connectivity index (χ4n) is 2.69. The SMILES string of the molecule is Cc1ccc(CN(C)C(=O)c2cccc(CC(C)(C)C)c2)cc1. The largest absolute Gasteiger partial charge is 0.337 e. The highest BCUT2D eigenvalue weighted by atomic mass is 16.2. The summed E-state index contributed by atoms with van der Waals surface area (Å²) in [6.45, 7) is 9.34. The number of nitrogens with zero attached hydrogens (tertiary/aromatic N) is 1. The van der Waals surface area contributed by atoms with Crippen LogP contribution in [0.1, 0.15) is 47.8 Å². The Labute approximate surface area is 140 Å². The standard InChI is InChI=1S/C21H27NO/c1-16-9-11-17(12-10-16)15-22(5)20(23)19-8-6-7-18(13-19)14-21(2,3)4/h6-13H,14-15H2,1-5H3. The average molecular weight is 309 g/mol. The molecule has 23 heavy (non-hydrogen) atoms. The van der Waals surface area contributed by atoms with Crippen LogP contribution in [0.4, 0.5) is 0 Å². The number of hydrogen-bond acceptors (Lipinski definition) is 1. The first kappa shape index (κ1) is 17.3. The van der Waals surface area contributed by atoms with Gasteiger partial charge in [-0.15, -0.1) is 0 Å². The average Bonchev–Trinajstić information content (AvgIpc) is 2.47. The Morgan fingerprint density at radius 2 is 1.65 bits per heavy atom. The lowest BCUT2D eigenvalue weighted by Crippen LogP contribution is -2.26. The van der Waals surface area contributed by atoms with E-state index in [0.29, 0.717) is 6.54 Å². The summed E-state index contributed by atoms with van der Waals surface area (Å²) in [5, 5.41) is 0. The molecule has 1 amide bonds. The molecule has 2 aromatic carbocycles. The molecule has 0 aromatic heterocycles. The second kappa shape index (κ2) is 6.99. The Hall–Kier alpha value is -2.09. The lowest BCUT2D eigenvalue weighted by atomic mass is 9.87. The maximum absolute atomic E-state index is 12.7. The molecule has 0 aliphatic heterocycles. The zero-order valence-electron chi connectivity index (χ0n) is 14.9. The number of benzene rings is 2. The van der Waals surface area contributed by atoms with E-state index in [1.165, 1.54) is 11.1 Å². The smallest absolute Gasteiger partial charge is 0.253 e. The van der Waals surface area contributed by atoms with E-state index in [4.69, 9.17) is 0 Å². The summed E-state index contributed by atoms with van der Waals surface area (Å²) in [4.78, 5) is 14.4. The maximum Gasteiger partial charge on any atom is 0.253 e. The monoisotopic (exact) mass is 309 g/mol. The lowest BCUT2D eigenvalue weighted by Gasteiger charge is -2.20. The molecule has 2 nitrogen and oxygen atoms in total. The van der Waals surface area contributed by atoms with Crippen LogP contribution < -0.4 is 0 Å². The van der Waals surface area contributed by atoms with Crippen LogP contribution in [0.5, 0.6) is 0 Å². The molecule has 0 fully saturated rings. The van der Waals surface area contributed by atoms with Crippen molar-refractivity contribution < 1.29 is 4.79 Å². The number of hydrogen-bond donors (Lipinski definition) is 0. The molecule has 0 heterocycles. The Bertz CT molecular complexity index is 665. The molecule has 0 spiro atoms. The van der Waals surface area contributed by atoms with Crippen molar-refractivity contribution in [2.45, 2.75) is 40.7 Å². The van der Waals surface area contributed by atoms with Gasteiger partial charge in [0.1, 0.15) is 0 Å². The van der Waals surface area contributed by atoms with Crippen LogP contribution in [-0.2, 0) is 13.0 Å². The third-order valence-electron chi connectivity index (χ3n) is 3.80. The van der Waals surface area contributed by atoms with Gasteiger partial charge < -0.3 is 4.90 Å². The molecule has 0 saturated heterocycles. The van der Waals surface area contributed by atoms with Crippen molar-refractivity contribution in [2.24, 2.45) is 5.41 Å².